The van der Waals surface area contributed by atoms with E-state index in [2.05, 4.69) is 64.6 Å². The molecule has 1 heterocycles. The summed E-state index contributed by atoms with van der Waals surface area (Å²) in [6, 6.07) is 7.04. The van der Waals surface area contributed by atoms with Crippen LogP contribution in [-0.4, -0.2) is 23.5 Å². The number of likely N-dealkylation sites (tertiary alicyclic amines) is 1. The Bertz CT molecular complexity index is 523. The van der Waals surface area contributed by atoms with Crippen LogP contribution in [0.25, 0.3) is 0 Å². The van der Waals surface area contributed by atoms with Crippen LogP contribution in [-0.2, 0) is 0 Å². The molecule has 108 valence electrons. The summed E-state index contributed by atoms with van der Waals surface area (Å²) in [6.07, 6.45) is 0. The van der Waals surface area contributed by atoms with Crippen molar-refractivity contribution in [2.75, 3.05) is 13.1 Å². The van der Waals surface area contributed by atoms with Crippen LogP contribution in [0, 0.1) is 38.0 Å². The lowest BCUT2D eigenvalue weighted by atomic mass is 9.84. The van der Waals surface area contributed by atoms with Crippen LogP contribution >= 0.6 is 0 Å². The molecule has 1 aromatic carbocycles. The fourth-order valence-corrected chi connectivity index (χ4v) is 3.55. The lowest BCUT2D eigenvalue weighted by molar-refractivity contribution is 0.170. The van der Waals surface area contributed by atoms with Gasteiger partial charge in [0, 0.05) is 24.5 Å². The lowest BCUT2D eigenvalue weighted by Gasteiger charge is -2.31. The summed E-state index contributed by atoms with van der Waals surface area (Å²) in [7, 11) is 0. The van der Waals surface area contributed by atoms with Crippen LogP contribution in [0.2, 0.25) is 0 Å². The van der Waals surface area contributed by atoms with E-state index in [-0.39, 0.29) is 11.5 Å². The molecule has 0 spiro atoms. The maximum Gasteiger partial charge on any atom is 0.0676 e. The first kappa shape index (κ1) is 15.1. The van der Waals surface area contributed by atoms with Crippen molar-refractivity contribution in [1.82, 2.24) is 4.90 Å². The van der Waals surface area contributed by atoms with Crippen molar-refractivity contribution in [3.05, 3.63) is 34.4 Å². The quantitative estimate of drug-likeness (QED) is 0.772. The molecule has 0 amide bonds. The number of aryl methyl sites for hydroxylation is 3. The maximum absolute atomic E-state index is 9.54. The highest BCUT2D eigenvalue weighted by Gasteiger charge is 2.39. The highest BCUT2D eigenvalue weighted by Crippen LogP contribution is 2.38. The largest absolute Gasteiger partial charge is 0.297 e. The molecule has 1 fully saturated rings. The normalized spacial score (nSPS) is 23.9. The Balaban J connectivity index is 2.40. The molecule has 1 aliphatic rings. The van der Waals surface area contributed by atoms with Crippen LogP contribution < -0.4 is 0 Å². The predicted octanol–water partition coefficient (Wildman–Crippen LogP) is 3.95. The van der Waals surface area contributed by atoms with E-state index in [9.17, 15) is 5.26 Å². The Morgan fingerprint density at radius 1 is 1.10 bits per heavy atom. The smallest absolute Gasteiger partial charge is 0.0676 e. The van der Waals surface area contributed by atoms with Crippen molar-refractivity contribution in [3.8, 4) is 6.07 Å². The first-order valence-corrected chi connectivity index (χ1v) is 7.46. The molecule has 2 heteroatoms. The number of benzene rings is 1. The van der Waals surface area contributed by atoms with Gasteiger partial charge in [0.2, 0.25) is 0 Å². The topological polar surface area (TPSA) is 27.0 Å². The Hall–Kier alpha value is -1.33. The maximum atomic E-state index is 9.54. The molecule has 0 unspecified atom stereocenters. The number of nitriles is 1. The number of hydrogen-bond donors (Lipinski definition) is 0. The molecular formula is C18H26N2. The van der Waals surface area contributed by atoms with Crippen molar-refractivity contribution < 1.29 is 0 Å². The van der Waals surface area contributed by atoms with Gasteiger partial charge in [-0.3, -0.25) is 4.90 Å². The van der Waals surface area contributed by atoms with E-state index >= 15 is 0 Å². The van der Waals surface area contributed by atoms with Gasteiger partial charge in [0.05, 0.1) is 12.0 Å². The summed E-state index contributed by atoms with van der Waals surface area (Å²) in [4.78, 5) is 2.45. The van der Waals surface area contributed by atoms with Crippen LogP contribution in [0.1, 0.15) is 48.9 Å². The average molecular weight is 270 g/mol. The Kier molecular flexibility index (Phi) is 3.93. The van der Waals surface area contributed by atoms with Crippen LogP contribution in [0.15, 0.2) is 12.1 Å². The van der Waals surface area contributed by atoms with E-state index in [1.54, 1.807) is 0 Å². The zero-order chi connectivity index (χ0) is 15.1. The number of hydrogen-bond acceptors (Lipinski definition) is 2. The summed E-state index contributed by atoms with van der Waals surface area (Å²) >= 11 is 0. The fraction of sp³-hybridized carbons (Fsp3) is 0.611. The Morgan fingerprint density at radius 2 is 1.65 bits per heavy atom. The van der Waals surface area contributed by atoms with Gasteiger partial charge in [0.1, 0.15) is 0 Å². The molecule has 2 atom stereocenters. The van der Waals surface area contributed by atoms with Crippen molar-refractivity contribution in [2.45, 2.75) is 53.0 Å². The summed E-state index contributed by atoms with van der Waals surface area (Å²) in [6.45, 7) is 15.1. The summed E-state index contributed by atoms with van der Waals surface area (Å²) in [5.74, 6) is 0.453. The summed E-state index contributed by atoms with van der Waals surface area (Å²) < 4.78 is 0. The summed E-state index contributed by atoms with van der Waals surface area (Å²) in [5.41, 5.74) is 5.51. The van der Waals surface area contributed by atoms with Crippen molar-refractivity contribution in [3.63, 3.8) is 0 Å². The van der Waals surface area contributed by atoms with E-state index in [4.69, 9.17) is 0 Å². The van der Waals surface area contributed by atoms with E-state index < -0.39 is 0 Å². The van der Waals surface area contributed by atoms with Crippen LogP contribution in [0.4, 0.5) is 0 Å². The second kappa shape index (κ2) is 5.22. The van der Waals surface area contributed by atoms with Gasteiger partial charge in [-0.05, 0) is 58.2 Å². The van der Waals surface area contributed by atoms with Gasteiger partial charge in [-0.15, -0.1) is 0 Å². The molecule has 2 rings (SSSR count). The van der Waals surface area contributed by atoms with Gasteiger partial charge in [0.15, 0.2) is 0 Å². The van der Waals surface area contributed by atoms with E-state index in [0.717, 1.165) is 13.1 Å². The fourth-order valence-electron chi connectivity index (χ4n) is 3.55. The Labute approximate surface area is 123 Å². The van der Waals surface area contributed by atoms with Crippen LogP contribution in [0.3, 0.4) is 0 Å². The Morgan fingerprint density at radius 3 is 2.10 bits per heavy atom. The molecule has 1 aliphatic heterocycles. The highest BCUT2D eigenvalue weighted by atomic mass is 15.2. The second-order valence-electron chi connectivity index (χ2n) is 7.23. The third kappa shape index (κ3) is 2.74. The molecule has 20 heavy (non-hydrogen) atoms. The van der Waals surface area contributed by atoms with Crippen molar-refractivity contribution >= 4 is 0 Å². The molecule has 0 radical (unpaired) electrons. The van der Waals surface area contributed by atoms with Crippen molar-refractivity contribution in [1.29, 1.82) is 5.26 Å². The molecule has 2 nitrogen and oxygen atoms in total. The second-order valence-corrected chi connectivity index (χ2v) is 7.23. The molecule has 0 saturated carbocycles. The van der Waals surface area contributed by atoms with Crippen LogP contribution in [0.5, 0.6) is 0 Å². The van der Waals surface area contributed by atoms with Gasteiger partial charge < -0.3 is 0 Å². The predicted molar refractivity (Wildman–Crippen MR) is 83.8 cm³/mol. The highest BCUT2D eigenvalue weighted by molar-refractivity contribution is 5.42. The SMILES string of the molecule is Cc1cc(C)c([C@H]2CN(C(C)(C)C)C[C@@H]2C#N)c(C)c1. The third-order valence-corrected chi connectivity index (χ3v) is 4.54. The van der Waals surface area contributed by atoms with Gasteiger partial charge in [-0.2, -0.15) is 5.26 Å². The van der Waals surface area contributed by atoms with Crippen molar-refractivity contribution in [2.24, 2.45) is 5.92 Å². The molecule has 0 bridgehead atoms. The molecule has 1 saturated heterocycles. The van der Waals surface area contributed by atoms with Gasteiger partial charge >= 0.3 is 0 Å². The first-order valence-electron chi connectivity index (χ1n) is 7.46. The van der Waals surface area contributed by atoms with Gasteiger partial charge in [-0.1, -0.05) is 17.7 Å². The molecule has 0 aromatic heterocycles. The molecule has 0 N–H and O–H groups in total. The monoisotopic (exact) mass is 270 g/mol. The first-order chi connectivity index (χ1) is 9.24. The number of rotatable bonds is 1. The minimum Gasteiger partial charge on any atom is -0.297 e. The lowest BCUT2D eigenvalue weighted by Crippen LogP contribution is -2.39. The number of nitrogens with zero attached hydrogens (tertiary/aromatic N) is 2. The van der Waals surface area contributed by atoms with E-state index in [0.29, 0.717) is 5.92 Å². The average Bonchev–Trinajstić information content (AvgIpc) is 2.71. The molecule has 1 aromatic rings. The minimum absolute atomic E-state index is 0.106. The molecular weight excluding hydrogens is 244 g/mol. The van der Waals surface area contributed by atoms with E-state index in [1.807, 2.05) is 0 Å². The third-order valence-electron chi connectivity index (χ3n) is 4.54. The zero-order valence-corrected chi connectivity index (χ0v) is 13.6. The van der Waals surface area contributed by atoms with Gasteiger partial charge in [-0.25, -0.2) is 0 Å². The minimum atomic E-state index is 0.106. The van der Waals surface area contributed by atoms with E-state index in [1.165, 1.54) is 22.3 Å². The molecule has 0 aliphatic carbocycles. The van der Waals surface area contributed by atoms with Gasteiger partial charge in [0.25, 0.3) is 0 Å². The standard InChI is InChI=1S/C18H26N2/c1-12-7-13(2)17(14(3)8-12)16-11-20(18(4,5)6)10-15(16)9-19/h7-8,15-16H,10-11H2,1-6H3/t15-,16-/m0/s1. The summed E-state index contributed by atoms with van der Waals surface area (Å²) in [5, 5.41) is 9.54. The zero-order valence-electron chi connectivity index (χ0n) is 13.6.